The molecule has 1 unspecified atom stereocenters. The van der Waals surface area contributed by atoms with E-state index < -0.39 is 5.97 Å². The van der Waals surface area contributed by atoms with Crippen molar-refractivity contribution in [3.05, 3.63) is 35.9 Å². The summed E-state index contributed by atoms with van der Waals surface area (Å²) in [7, 11) is 0. The molecule has 1 rings (SSSR count). The van der Waals surface area contributed by atoms with Gasteiger partial charge in [-0.05, 0) is 24.3 Å². The number of rotatable bonds is 6. The molecule has 0 saturated carbocycles. The summed E-state index contributed by atoms with van der Waals surface area (Å²) in [6, 6.07) is 9.80. The summed E-state index contributed by atoms with van der Waals surface area (Å²) in [4.78, 5) is 11.4. The van der Waals surface area contributed by atoms with Crippen LogP contribution in [0.2, 0.25) is 0 Å². The molecule has 0 bridgehead atoms. The average Bonchev–Trinajstić information content (AvgIpc) is 2.30. The van der Waals surface area contributed by atoms with Gasteiger partial charge in [-0.3, -0.25) is 4.79 Å². The third-order valence-electron chi connectivity index (χ3n) is 2.63. The van der Waals surface area contributed by atoms with Crippen molar-refractivity contribution < 1.29 is 9.90 Å². The lowest BCUT2D eigenvalue weighted by atomic mass is 9.92. The zero-order valence-electron chi connectivity index (χ0n) is 9.35. The Kier molecular flexibility index (Phi) is 5.12. The van der Waals surface area contributed by atoms with Gasteiger partial charge in [-0.25, -0.2) is 0 Å². The Hall–Kier alpha value is -1.22. The number of benzene rings is 1. The van der Waals surface area contributed by atoms with E-state index in [1.54, 1.807) is 0 Å². The van der Waals surface area contributed by atoms with Gasteiger partial charge in [-0.15, -0.1) is 0 Å². The van der Waals surface area contributed by atoms with Crippen molar-refractivity contribution in [1.29, 1.82) is 0 Å². The van der Waals surface area contributed by atoms with Gasteiger partial charge in [0.15, 0.2) is 0 Å². The van der Waals surface area contributed by atoms with Crippen LogP contribution in [0.15, 0.2) is 30.3 Å². The zero-order valence-corrected chi connectivity index (χ0v) is 10.2. The van der Waals surface area contributed by atoms with Crippen molar-refractivity contribution >= 4 is 23.1 Å². The fourth-order valence-corrected chi connectivity index (χ4v) is 2.08. The molecule has 0 aromatic heterocycles. The molecule has 16 heavy (non-hydrogen) atoms. The molecule has 0 heterocycles. The van der Waals surface area contributed by atoms with Crippen LogP contribution in [0.3, 0.4) is 0 Å². The predicted molar refractivity (Wildman–Crippen MR) is 68.8 cm³/mol. The van der Waals surface area contributed by atoms with Crippen LogP contribution in [0.25, 0.3) is 0 Å². The van der Waals surface area contributed by atoms with Crippen LogP contribution in [0.1, 0.15) is 31.7 Å². The fourth-order valence-electron chi connectivity index (χ4n) is 1.66. The van der Waals surface area contributed by atoms with Gasteiger partial charge >= 0.3 is 5.97 Å². The maximum absolute atomic E-state index is 10.5. The topological polar surface area (TPSA) is 37.3 Å². The van der Waals surface area contributed by atoms with E-state index in [-0.39, 0.29) is 12.3 Å². The summed E-state index contributed by atoms with van der Waals surface area (Å²) in [6.07, 6.45) is 1.70. The first kappa shape index (κ1) is 12.8. The SMILES string of the molecule is CCC(CCC(=O)O)C(=S)c1ccccc1. The van der Waals surface area contributed by atoms with Gasteiger partial charge in [0.2, 0.25) is 0 Å². The minimum atomic E-state index is -0.755. The Morgan fingerprint density at radius 1 is 1.38 bits per heavy atom. The fraction of sp³-hybridized carbons (Fsp3) is 0.385. The summed E-state index contributed by atoms with van der Waals surface area (Å²) in [5.41, 5.74) is 1.04. The highest BCUT2D eigenvalue weighted by Gasteiger charge is 2.15. The number of carboxylic acids is 1. The van der Waals surface area contributed by atoms with Crippen LogP contribution in [-0.2, 0) is 4.79 Å². The third kappa shape index (κ3) is 3.74. The highest BCUT2D eigenvalue weighted by atomic mass is 32.1. The Bertz CT molecular complexity index is 359. The second kappa shape index (κ2) is 6.38. The van der Waals surface area contributed by atoms with Crippen molar-refractivity contribution in [3.63, 3.8) is 0 Å². The molecule has 0 aliphatic carbocycles. The first-order chi connectivity index (χ1) is 7.65. The maximum atomic E-state index is 10.5. The minimum Gasteiger partial charge on any atom is -0.481 e. The summed E-state index contributed by atoms with van der Waals surface area (Å²) in [6.45, 7) is 2.04. The van der Waals surface area contributed by atoms with E-state index in [2.05, 4.69) is 0 Å². The summed E-state index contributed by atoms with van der Waals surface area (Å²) >= 11 is 5.40. The first-order valence-electron chi connectivity index (χ1n) is 5.46. The van der Waals surface area contributed by atoms with E-state index in [4.69, 9.17) is 17.3 Å². The van der Waals surface area contributed by atoms with Gasteiger partial charge in [-0.2, -0.15) is 0 Å². The Morgan fingerprint density at radius 2 is 2.00 bits per heavy atom. The molecule has 0 saturated heterocycles. The van der Waals surface area contributed by atoms with Gasteiger partial charge < -0.3 is 5.11 Å². The van der Waals surface area contributed by atoms with Crippen LogP contribution in [0, 0.1) is 5.92 Å². The molecular formula is C13H16O2S. The molecule has 0 spiro atoms. The summed E-state index contributed by atoms with van der Waals surface area (Å²) < 4.78 is 0. The molecule has 86 valence electrons. The molecule has 1 atom stereocenters. The van der Waals surface area contributed by atoms with E-state index in [9.17, 15) is 4.79 Å². The monoisotopic (exact) mass is 236 g/mol. The minimum absolute atomic E-state index is 0.186. The Balaban J connectivity index is 2.66. The van der Waals surface area contributed by atoms with E-state index >= 15 is 0 Å². The van der Waals surface area contributed by atoms with E-state index in [0.29, 0.717) is 6.42 Å². The highest BCUT2D eigenvalue weighted by Crippen LogP contribution is 2.18. The van der Waals surface area contributed by atoms with E-state index in [1.807, 2.05) is 37.3 Å². The average molecular weight is 236 g/mol. The van der Waals surface area contributed by atoms with Gasteiger partial charge in [-0.1, -0.05) is 49.5 Å². The van der Waals surface area contributed by atoms with Gasteiger partial charge in [0.1, 0.15) is 0 Å². The lowest BCUT2D eigenvalue weighted by molar-refractivity contribution is -0.137. The van der Waals surface area contributed by atoms with Crippen LogP contribution < -0.4 is 0 Å². The van der Waals surface area contributed by atoms with Crippen molar-refractivity contribution in [2.24, 2.45) is 5.92 Å². The second-order valence-corrected chi connectivity index (χ2v) is 4.21. The van der Waals surface area contributed by atoms with Crippen molar-refractivity contribution in [3.8, 4) is 0 Å². The second-order valence-electron chi connectivity index (χ2n) is 3.77. The van der Waals surface area contributed by atoms with Crippen molar-refractivity contribution in [2.45, 2.75) is 26.2 Å². The van der Waals surface area contributed by atoms with Gasteiger partial charge in [0.25, 0.3) is 0 Å². The highest BCUT2D eigenvalue weighted by molar-refractivity contribution is 7.80. The van der Waals surface area contributed by atoms with Gasteiger partial charge in [0, 0.05) is 11.3 Å². The first-order valence-corrected chi connectivity index (χ1v) is 5.87. The number of hydrogen-bond donors (Lipinski definition) is 1. The zero-order chi connectivity index (χ0) is 12.0. The van der Waals surface area contributed by atoms with Crippen LogP contribution >= 0.6 is 12.2 Å². The number of hydrogen-bond acceptors (Lipinski definition) is 2. The number of carboxylic acid groups (broad SMARTS) is 1. The van der Waals surface area contributed by atoms with E-state index in [1.165, 1.54) is 0 Å². The molecule has 1 aromatic carbocycles. The van der Waals surface area contributed by atoms with E-state index in [0.717, 1.165) is 16.8 Å². The molecule has 0 radical (unpaired) electrons. The molecular weight excluding hydrogens is 220 g/mol. The van der Waals surface area contributed by atoms with Crippen molar-refractivity contribution in [2.75, 3.05) is 0 Å². The number of carbonyl (C=O) groups is 1. The third-order valence-corrected chi connectivity index (χ3v) is 3.20. The number of aliphatic carboxylic acids is 1. The van der Waals surface area contributed by atoms with Crippen LogP contribution in [-0.4, -0.2) is 15.9 Å². The quantitative estimate of drug-likeness (QED) is 0.608. The molecule has 3 heteroatoms. The number of thiocarbonyl (C=S) groups is 1. The molecule has 0 amide bonds. The standard InChI is InChI=1S/C13H16O2S/c1-2-10(8-9-12(14)15)13(16)11-6-4-3-5-7-11/h3-7,10H,2,8-9H2,1H3,(H,14,15). The van der Waals surface area contributed by atoms with Gasteiger partial charge in [0.05, 0.1) is 0 Å². The maximum Gasteiger partial charge on any atom is 0.303 e. The molecule has 0 fully saturated rings. The largest absolute Gasteiger partial charge is 0.481 e. The molecule has 1 aromatic rings. The molecule has 2 nitrogen and oxygen atoms in total. The molecule has 0 aliphatic heterocycles. The van der Waals surface area contributed by atoms with Crippen LogP contribution in [0.4, 0.5) is 0 Å². The Morgan fingerprint density at radius 3 is 2.50 bits per heavy atom. The predicted octanol–water partition coefficient (Wildman–Crippen LogP) is 3.30. The Labute approximate surface area is 101 Å². The smallest absolute Gasteiger partial charge is 0.303 e. The van der Waals surface area contributed by atoms with Crippen molar-refractivity contribution in [1.82, 2.24) is 0 Å². The summed E-state index contributed by atoms with van der Waals surface area (Å²) in [5.74, 6) is -0.567. The van der Waals surface area contributed by atoms with Crippen LogP contribution in [0.5, 0.6) is 0 Å². The lowest BCUT2D eigenvalue weighted by Gasteiger charge is -2.15. The normalized spacial score (nSPS) is 12.1. The molecule has 1 N–H and O–H groups in total. The summed E-state index contributed by atoms with van der Waals surface area (Å²) in [5, 5.41) is 8.67. The lowest BCUT2D eigenvalue weighted by Crippen LogP contribution is -2.14. The molecule has 0 aliphatic rings.